The Labute approximate surface area is 161 Å². The van der Waals surface area contributed by atoms with Crippen LogP contribution in [0.2, 0.25) is 0 Å². The molecule has 0 aliphatic rings. The smallest absolute Gasteiger partial charge is 0.258 e. The molecule has 0 spiro atoms. The summed E-state index contributed by atoms with van der Waals surface area (Å²) >= 11 is 0. The summed E-state index contributed by atoms with van der Waals surface area (Å²) in [5.41, 5.74) is 2.38. The highest BCUT2D eigenvalue weighted by Gasteiger charge is 2.15. The molecule has 0 fully saturated rings. The van der Waals surface area contributed by atoms with Gasteiger partial charge in [-0.1, -0.05) is 42.5 Å². The first-order valence-electron chi connectivity index (χ1n) is 8.79. The van der Waals surface area contributed by atoms with Crippen LogP contribution in [0.5, 0.6) is 5.75 Å². The first-order valence-corrected chi connectivity index (χ1v) is 10.4. The zero-order chi connectivity index (χ0) is 19.9. The number of rotatable bonds is 9. The van der Waals surface area contributed by atoms with E-state index in [1.807, 2.05) is 43.3 Å². The summed E-state index contributed by atoms with van der Waals surface area (Å²) in [6, 6.07) is 14.5. The first-order chi connectivity index (χ1) is 12.8. The van der Waals surface area contributed by atoms with E-state index >= 15 is 0 Å². The quantitative estimate of drug-likeness (QED) is 0.689. The molecule has 1 amide bonds. The van der Waals surface area contributed by atoms with Crippen LogP contribution in [0.4, 0.5) is 0 Å². The molecule has 7 heteroatoms. The van der Waals surface area contributed by atoms with E-state index in [0.717, 1.165) is 11.1 Å². The van der Waals surface area contributed by atoms with Crippen molar-refractivity contribution in [3.05, 3.63) is 65.2 Å². The highest BCUT2D eigenvalue weighted by atomic mass is 32.2. The standard InChI is InChI=1S/C20H26N2O4S/c1-15(2)22-27(24,25)14-18-10-6-5-9-17(18)12-21-20(23)13-26-19-11-7-4-8-16(19)3/h4-11,15,22H,12-14H2,1-3H3,(H,21,23). The molecule has 0 heterocycles. The van der Waals surface area contributed by atoms with Crippen molar-refractivity contribution in [1.29, 1.82) is 0 Å². The maximum Gasteiger partial charge on any atom is 0.258 e. The molecule has 2 N–H and O–H groups in total. The number of carbonyl (C=O) groups is 1. The minimum atomic E-state index is -3.43. The predicted molar refractivity (Wildman–Crippen MR) is 106 cm³/mol. The van der Waals surface area contributed by atoms with Crippen molar-refractivity contribution in [1.82, 2.24) is 10.0 Å². The van der Waals surface area contributed by atoms with Crippen molar-refractivity contribution in [2.45, 2.75) is 39.1 Å². The van der Waals surface area contributed by atoms with E-state index in [1.54, 1.807) is 26.0 Å². The van der Waals surface area contributed by atoms with Gasteiger partial charge in [-0.3, -0.25) is 4.79 Å². The average molecular weight is 391 g/mol. The molecule has 2 rings (SSSR count). The fraction of sp³-hybridized carbons (Fsp3) is 0.350. The van der Waals surface area contributed by atoms with Gasteiger partial charge in [-0.25, -0.2) is 13.1 Å². The summed E-state index contributed by atoms with van der Waals surface area (Å²) < 4.78 is 32.4. The maximum absolute atomic E-state index is 12.2. The highest BCUT2D eigenvalue weighted by Crippen LogP contribution is 2.16. The fourth-order valence-corrected chi connectivity index (χ4v) is 4.08. The van der Waals surface area contributed by atoms with Gasteiger partial charge in [0.1, 0.15) is 5.75 Å². The van der Waals surface area contributed by atoms with E-state index in [4.69, 9.17) is 4.74 Å². The van der Waals surface area contributed by atoms with Gasteiger partial charge in [-0.05, 0) is 43.5 Å². The number of sulfonamides is 1. The molecule has 0 aliphatic heterocycles. The molecule has 0 aliphatic carbocycles. The summed E-state index contributed by atoms with van der Waals surface area (Å²) in [4.78, 5) is 12.1. The Balaban J connectivity index is 1.94. The van der Waals surface area contributed by atoms with Crippen LogP contribution in [0.3, 0.4) is 0 Å². The zero-order valence-electron chi connectivity index (χ0n) is 15.9. The second kappa shape index (κ2) is 9.53. The second-order valence-corrected chi connectivity index (χ2v) is 8.39. The van der Waals surface area contributed by atoms with Gasteiger partial charge in [0.15, 0.2) is 6.61 Å². The topological polar surface area (TPSA) is 84.5 Å². The number of benzene rings is 2. The molecule has 0 saturated carbocycles. The highest BCUT2D eigenvalue weighted by molar-refractivity contribution is 7.88. The molecule has 0 atom stereocenters. The lowest BCUT2D eigenvalue weighted by atomic mass is 10.1. The summed E-state index contributed by atoms with van der Waals surface area (Å²) in [5.74, 6) is 0.270. The molecule has 0 radical (unpaired) electrons. The van der Waals surface area contributed by atoms with E-state index in [1.165, 1.54) is 0 Å². The van der Waals surface area contributed by atoms with Crippen LogP contribution in [0.15, 0.2) is 48.5 Å². The molecule has 6 nitrogen and oxygen atoms in total. The van der Waals surface area contributed by atoms with Crippen molar-refractivity contribution in [2.24, 2.45) is 0 Å². The summed E-state index contributed by atoms with van der Waals surface area (Å²) in [6.07, 6.45) is 0. The third-order valence-electron chi connectivity index (χ3n) is 3.81. The van der Waals surface area contributed by atoms with E-state index < -0.39 is 10.0 Å². The van der Waals surface area contributed by atoms with Crippen LogP contribution >= 0.6 is 0 Å². The predicted octanol–water partition coefficient (Wildman–Crippen LogP) is 2.52. The normalized spacial score (nSPS) is 11.4. The van der Waals surface area contributed by atoms with E-state index in [9.17, 15) is 13.2 Å². The van der Waals surface area contributed by atoms with Gasteiger partial charge in [-0.2, -0.15) is 0 Å². The van der Waals surface area contributed by atoms with Crippen LogP contribution in [-0.4, -0.2) is 27.0 Å². The minimum absolute atomic E-state index is 0.0970. The van der Waals surface area contributed by atoms with Gasteiger partial charge in [0.05, 0.1) is 5.75 Å². The van der Waals surface area contributed by atoms with Crippen molar-refractivity contribution in [3.8, 4) is 5.75 Å². The van der Waals surface area contributed by atoms with Crippen molar-refractivity contribution in [2.75, 3.05) is 6.61 Å². The molecular formula is C20H26N2O4S. The Kier molecular flexibility index (Phi) is 7.38. The Hall–Kier alpha value is -2.38. The Morgan fingerprint density at radius 3 is 2.33 bits per heavy atom. The zero-order valence-corrected chi connectivity index (χ0v) is 16.7. The third kappa shape index (κ3) is 7.03. The molecule has 0 bridgehead atoms. The molecule has 2 aromatic rings. The van der Waals surface area contributed by atoms with Crippen LogP contribution in [0, 0.1) is 6.92 Å². The number of amides is 1. The number of aryl methyl sites for hydroxylation is 1. The van der Waals surface area contributed by atoms with Crippen LogP contribution in [0.1, 0.15) is 30.5 Å². The Morgan fingerprint density at radius 2 is 1.67 bits per heavy atom. The molecule has 146 valence electrons. The number of para-hydroxylation sites is 1. The lowest BCUT2D eigenvalue weighted by molar-refractivity contribution is -0.123. The molecule has 0 saturated heterocycles. The molecular weight excluding hydrogens is 364 g/mol. The van der Waals surface area contributed by atoms with Gasteiger partial charge >= 0.3 is 0 Å². The largest absolute Gasteiger partial charge is 0.484 e. The molecule has 0 unspecified atom stereocenters. The molecule has 0 aromatic heterocycles. The third-order valence-corrected chi connectivity index (χ3v) is 5.33. The van der Waals surface area contributed by atoms with E-state index in [0.29, 0.717) is 11.3 Å². The number of ether oxygens (including phenoxy) is 1. The van der Waals surface area contributed by atoms with Gasteiger partial charge in [0.2, 0.25) is 10.0 Å². The Bertz CT molecular complexity index is 879. The lowest BCUT2D eigenvalue weighted by Gasteiger charge is -2.14. The Morgan fingerprint density at radius 1 is 1.04 bits per heavy atom. The monoisotopic (exact) mass is 390 g/mol. The SMILES string of the molecule is Cc1ccccc1OCC(=O)NCc1ccccc1CS(=O)(=O)NC(C)C. The lowest BCUT2D eigenvalue weighted by Crippen LogP contribution is -2.32. The van der Waals surface area contributed by atoms with Gasteiger partial charge in [-0.15, -0.1) is 0 Å². The van der Waals surface area contributed by atoms with Gasteiger partial charge < -0.3 is 10.1 Å². The van der Waals surface area contributed by atoms with Crippen molar-refractivity contribution >= 4 is 15.9 Å². The minimum Gasteiger partial charge on any atom is -0.484 e. The average Bonchev–Trinajstić information content (AvgIpc) is 2.59. The summed E-state index contributed by atoms with van der Waals surface area (Å²) in [7, 11) is -3.43. The van der Waals surface area contributed by atoms with E-state index in [2.05, 4.69) is 10.0 Å². The van der Waals surface area contributed by atoms with Gasteiger partial charge in [0, 0.05) is 12.6 Å². The molecule has 27 heavy (non-hydrogen) atoms. The fourth-order valence-electron chi connectivity index (χ4n) is 2.58. The van der Waals surface area contributed by atoms with Crippen LogP contribution in [-0.2, 0) is 27.1 Å². The van der Waals surface area contributed by atoms with E-state index in [-0.39, 0.29) is 30.9 Å². The number of hydrogen-bond donors (Lipinski definition) is 2. The number of nitrogens with one attached hydrogen (secondary N) is 2. The maximum atomic E-state index is 12.2. The summed E-state index contributed by atoms with van der Waals surface area (Å²) in [5, 5.41) is 2.78. The first kappa shape index (κ1) is 20.9. The number of hydrogen-bond acceptors (Lipinski definition) is 4. The summed E-state index contributed by atoms with van der Waals surface area (Å²) in [6.45, 7) is 5.61. The van der Waals surface area contributed by atoms with Crippen molar-refractivity contribution in [3.63, 3.8) is 0 Å². The second-order valence-electron chi connectivity index (χ2n) is 6.63. The van der Waals surface area contributed by atoms with Crippen LogP contribution in [0.25, 0.3) is 0 Å². The number of carbonyl (C=O) groups excluding carboxylic acids is 1. The molecule has 2 aromatic carbocycles. The van der Waals surface area contributed by atoms with Crippen LogP contribution < -0.4 is 14.8 Å². The van der Waals surface area contributed by atoms with Gasteiger partial charge in [0.25, 0.3) is 5.91 Å². The van der Waals surface area contributed by atoms with Crippen molar-refractivity contribution < 1.29 is 17.9 Å².